The first-order valence-electron chi connectivity index (χ1n) is 9.83. The highest BCUT2D eigenvalue weighted by atomic mass is 19.3. The molecule has 5 rings (SSSR count). The number of benzene rings is 1. The molecular weight excluding hydrogens is 418 g/mol. The minimum absolute atomic E-state index is 0.187. The molecule has 162 valence electrons. The van der Waals surface area contributed by atoms with Crippen molar-refractivity contribution in [1.82, 2.24) is 24.3 Å². The first kappa shape index (κ1) is 19.9. The number of furan rings is 1. The molecule has 0 atom stereocenters. The SMILES string of the molecule is Cc1nn(CC(=O)Nc2nc3ccccc3n2C)c2nc(-c3ccco3)cc(C(F)F)c12. The number of amides is 1. The Balaban J connectivity index is 1.52. The minimum Gasteiger partial charge on any atom is -0.463 e. The fourth-order valence-electron chi connectivity index (χ4n) is 3.78. The van der Waals surface area contributed by atoms with Gasteiger partial charge in [0, 0.05) is 12.6 Å². The maximum atomic E-state index is 13.8. The van der Waals surface area contributed by atoms with Gasteiger partial charge < -0.3 is 8.98 Å². The number of carbonyl (C=O) groups excluding carboxylic acids is 1. The van der Waals surface area contributed by atoms with E-state index in [1.165, 1.54) is 17.0 Å². The highest BCUT2D eigenvalue weighted by molar-refractivity contribution is 5.93. The van der Waals surface area contributed by atoms with E-state index in [0.29, 0.717) is 17.4 Å². The Labute approximate surface area is 180 Å². The van der Waals surface area contributed by atoms with Crippen LogP contribution < -0.4 is 5.32 Å². The molecule has 0 saturated carbocycles. The molecule has 0 aliphatic heterocycles. The molecule has 1 N–H and O–H groups in total. The molecule has 32 heavy (non-hydrogen) atoms. The second kappa shape index (κ2) is 7.56. The first-order valence-corrected chi connectivity index (χ1v) is 9.83. The molecule has 0 spiro atoms. The van der Waals surface area contributed by atoms with Crippen molar-refractivity contribution in [2.24, 2.45) is 7.05 Å². The fourth-order valence-corrected chi connectivity index (χ4v) is 3.78. The number of carbonyl (C=O) groups is 1. The molecule has 0 bridgehead atoms. The fraction of sp³-hybridized carbons (Fsp3) is 0.182. The van der Waals surface area contributed by atoms with E-state index in [4.69, 9.17) is 4.42 Å². The quantitative estimate of drug-likeness (QED) is 0.439. The number of pyridine rings is 1. The van der Waals surface area contributed by atoms with Gasteiger partial charge in [0.2, 0.25) is 11.9 Å². The molecule has 10 heteroatoms. The van der Waals surface area contributed by atoms with E-state index in [0.717, 1.165) is 11.0 Å². The zero-order valence-corrected chi connectivity index (χ0v) is 17.2. The van der Waals surface area contributed by atoms with Crippen molar-refractivity contribution < 1.29 is 18.0 Å². The highest BCUT2D eigenvalue weighted by Crippen LogP contribution is 2.33. The van der Waals surface area contributed by atoms with Crippen LogP contribution in [0.3, 0.4) is 0 Å². The average Bonchev–Trinajstić information content (AvgIpc) is 3.48. The van der Waals surface area contributed by atoms with Gasteiger partial charge in [0.05, 0.1) is 28.4 Å². The van der Waals surface area contributed by atoms with E-state index in [-0.39, 0.29) is 28.8 Å². The summed E-state index contributed by atoms with van der Waals surface area (Å²) in [7, 11) is 1.80. The molecule has 0 unspecified atom stereocenters. The Morgan fingerprint density at radius 2 is 2.00 bits per heavy atom. The van der Waals surface area contributed by atoms with Crippen LogP contribution in [0.1, 0.15) is 17.7 Å². The standard InChI is InChI=1S/C22H18F2N6O2/c1-12-19-13(20(23)24)10-15(17-8-5-9-32-17)25-21(19)30(28-12)11-18(31)27-22-26-14-6-3-4-7-16(14)29(22)2/h3-10,20H,11H2,1-2H3,(H,26,27,31). The van der Waals surface area contributed by atoms with Crippen LogP contribution in [0.4, 0.5) is 14.7 Å². The van der Waals surface area contributed by atoms with Crippen molar-refractivity contribution in [1.29, 1.82) is 0 Å². The van der Waals surface area contributed by atoms with E-state index in [9.17, 15) is 13.6 Å². The normalized spacial score (nSPS) is 11.7. The van der Waals surface area contributed by atoms with Crippen molar-refractivity contribution in [3.05, 3.63) is 60.0 Å². The largest absolute Gasteiger partial charge is 0.463 e. The third-order valence-corrected chi connectivity index (χ3v) is 5.25. The summed E-state index contributed by atoms with van der Waals surface area (Å²) >= 11 is 0. The van der Waals surface area contributed by atoms with Gasteiger partial charge in [-0.25, -0.2) is 23.4 Å². The Morgan fingerprint density at radius 3 is 2.72 bits per heavy atom. The summed E-state index contributed by atoms with van der Waals surface area (Å²) in [5.41, 5.74) is 2.21. The number of rotatable bonds is 5. The smallest absolute Gasteiger partial charge is 0.264 e. The van der Waals surface area contributed by atoms with Gasteiger partial charge >= 0.3 is 0 Å². The van der Waals surface area contributed by atoms with Crippen LogP contribution in [0.2, 0.25) is 0 Å². The van der Waals surface area contributed by atoms with Crippen LogP contribution in [0, 0.1) is 6.92 Å². The Kier molecular flexibility index (Phi) is 4.69. The molecule has 0 aliphatic carbocycles. The van der Waals surface area contributed by atoms with E-state index in [1.807, 2.05) is 24.3 Å². The number of imidazole rings is 1. The van der Waals surface area contributed by atoms with E-state index in [2.05, 4.69) is 20.4 Å². The van der Waals surface area contributed by atoms with Crippen molar-refractivity contribution >= 4 is 33.9 Å². The van der Waals surface area contributed by atoms with Crippen LogP contribution in [-0.2, 0) is 18.4 Å². The lowest BCUT2D eigenvalue weighted by Gasteiger charge is -2.08. The van der Waals surface area contributed by atoms with Crippen molar-refractivity contribution in [2.45, 2.75) is 19.9 Å². The van der Waals surface area contributed by atoms with Gasteiger partial charge in [0.15, 0.2) is 11.4 Å². The Hall–Kier alpha value is -4.08. The second-order valence-corrected chi connectivity index (χ2v) is 7.35. The van der Waals surface area contributed by atoms with E-state index < -0.39 is 12.3 Å². The Bertz CT molecular complexity index is 1450. The number of nitrogens with zero attached hydrogens (tertiary/aromatic N) is 5. The number of alkyl halides is 2. The molecule has 4 heterocycles. The number of hydrogen-bond donors (Lipinski definition) is 1. The van der Waals surface area contributed by atoms with Crippen LogP contribution in [-0.4, -0.2) is 30.2 Å². The minimum atomic E-state index is -2.74. The lowest BCUT2D eigenvalue weighted by molar-refractivity contribution is -0.116. The number of aromatic nitrogens is 5. The summed E-state index contributed by atoms with van der Waals surface area (Å²) in [5, 5.41) is 7.29. The number of halogens is 2. The molecule has 0 fully saturated rings. The molecule has 1 amide bonds. The lowest BCUT2D eigenvalue weighted by Crippen LogP contribution is -2.21. The van der Waals surface area contributed by atoms with Crippen molar-refractivity contribution in [2.75, 3.05) is 5.32 Å². The molecule has 4 aromatic heterocycles. The zero-order valence-electron chi connectivity index (χ0n) is 17.2. The summed E-state index contributed by atoms with van der Waals surface area (Å²) < 4.78 is 36.0. The average molecular weight is 436 g/mol. The molecule has 0 saturated heterocycles. The summed E-state index contributed by atoms with van der Waals surface area (Å²) in [6.45, 7) is 1.40. The topological polar surface area (TPSA) is 90.8 Å². The maximum absolute atomic E-state index is 13.8. The van der Waals surface area contributed by atoms with Gasteiger partial charge in [-0.05, 0) is 37.3 Å². The molecule has 0 aliphatic rings. The van der Waals surface area contributed by atoms with Crippen LogP contribution in [0.5, 0.6) is 0 Å². The van der Waals surface area contributed by atoms with Gasteiger partial charge in [-0.3, -0.25) is 10.1 Å². The second-order valence-electron chi connectivity index (χ2n) is 7.35. The number of anilines is 1. The monoisotopic (exact) mass is 436 g/mol. The predicted molar refractivity (Wildman–Crippen MR) is 114 cm³/mol. The van der Waals surface area contributed by atoms with Gasteiger partial charge in [-0.15, -0.1) is 0 Å². The van der Waals surface area contributed by atoms with Crippen molar-refractivity contribution in [3.8, 4) is 11.5 Å². The van der Waals surface area contributed by atoms with Crippen LogP contribution in [0.25, 0.3) is 33.5 Å². The number of aryl methyl sites for hydroxylation is 2. The molecular formula is C22H18F2N6O2. The molecule has 1 aromatic carbocycles. The summed E-state index contributed by atoms with van der Waals surface area (Å²) in [4.78, 5) is 21.7. The molecule has 8 nitrogen and oxygen atoms in total. The third-order valence-electron chi connectivity index (χ3n) is 5.25. The maximum Gasteiger partial charge on any atom is 0.264 e. The van der Waals surface area contributed by atoms with E-state index >= 15 is 0 Å². The zero-order chi connectivity index (χ0) is 22.4. The first-order chi connectivity index (χ1) is 15.4. The van der Waals surface area contributed by atoms with Gasteiger partial charge in [0.25, 0.3) is 6.43 Å². The molecule has 0 radical (unpaired) electrons. The number of hydrogen-bond acceptors (Lipinski definition) is 5. The summed E-state index contributed by atoms with van der Waals surface area (Å²) in [6, 6.07) is 12.1. The third kappa shape index (κ3) is 3.29. The number of fused-ring (bicyclic) bond motifs is 2. The van der Waals surface area contributed by atoms with E-state index in [1.54, 1.807) is 30.7 Å². The summed E-state index contributed by atoms with van der Waals surface area (Å²) in [6.07, 6.45) is -1.30. The van der Waals surface area contributed by atoms with Gasteiger partial charge in [0.1, 0.15) is 12.2 Å². The Morgan fingerprint density at radius 1 is 1.19 bits per heavy atom. The van der Waals surface area contributed by atoms with Gasteiger partial charge in [-0.2, -0.15) is 5.10 Å². The van der Waals surface area contributed by atoms with Crippen molar-refractivity contribution in [3.63, 3.8) is 0 Å². The summed E-state index contributed by atoms with van der Waals surface area (Å²) in [5.74, 6) is 0.321. The number of nitrogens with one attached hydrogen (secondary N) is 1. The lowest BCUT2D eigenvalue weighted by atomic mass is 10.1. The van der Waals surface area contributed by atoms with Crippen LogP contribution in [0.15, 0.2) is 53.1 Å². The van der Waals surface area contributed by atoms with Crippen LogP contribution >= 0.6 is 0 Å². The number of para-hydroxylation sites is 2. The highest BCUT2D eigenvalue weighted by Gasteiger charge is 2.23. The predicted octanol–water partition coefficient (Wildman–Crippen LogP) is 4.46. The van der Waals surface area contributed by atoms with Gasteiger partial charge in [-0.1, -0.05) is 12.1 Å². The molecule has 5 aromatic rings.